The smallest absolute Gasteiger partial charge is 0.299 e. The number of aromatic nitrogens is 3. The van der Waals surface area contributed by atoms with Crippen molar-refractivity contribution in [2.45, 2.75) is 0 Å². The molecule has 0 saturated heterocycles. The van der Waals surface area contributed by atoms with Crippen molar-refractivity contribution in [2.75, 3.05) is 20.3 Å². The molecule has 9 nitrogen and oxygen atoms in total. The second kappa shape index (κ2) is 7.49. The molecule has 4 rings (SSSR count). The maximum absolute atomic E-state index is 10.6. The summed E-state index contributed by atoms with van der Waals surface area (Å²) in [6, 6.07) is 10.5. The van der Waals surface area contributed by atoms with Gasteiger partial charge < -0.3 is 14.5 Å². The molecular weight excluding hydrogens is 364 g/mol. The Bertz CT molecular complexity index is 1160. The first-order chi connectivity index (χ1) is 13.7. The molecule has 142 valence electrons. The van der Waals surface area contributed by atoms with E-state index in [9.17, 15) is 10.1 Å². The minimum Gasteiger partial charge on any atom is -0.491 e. The summed E-state index contributed by atoms with van der Waals surface area (Å²) in [5.41, 5.74) is 3.05. The van der Waals surface area contributed by atoms with Gasteiger partial charge in [0, 0.05) is 41.2 Å². The Morgan fingerprint density at radius 3 is 2.75 bits per heavy atom. The van der Waals surface area contributed by atoms with Gasteiger partial charge in [0.2, 0.25) is 0 Å². The fourth-order valence-electron chi connectivity index (χ4n) is 3.02. The third-order valence-corrected chi connectivity index (χ3v) is 4.25. The zero-order valence-corrected chi connectivity index (χ0v) is 14.9. The second-order valence-electron chi connectivity index (χ2n) is 5.97. The van der Waals surface area contributed by atoms with E-state index in [2.05, 4.69) is 19.8 Å². The first-order valence-corrected chi connectivity index (χ1v) is 8.46. The van der Waals surface area contributed by atoms with Crippen LogP contribution in [0.25, 0.3) is 33.1 Å². The summed E-state index contributed by atoms with van der Waals surface area (Å²) in [6.07, 6.45) is 3.29. The summed E-state index contributed by atoms with van der Waals surface area (Å²) in [5.74, 6) is 0.834. The number of nitrogens with zero attached hydrogens (tertiary/aromatic N) is 3. The largest absolute Gasteiger partial charge is 0.491 e. The van der Waals surface area contributed by atoms with Crippen molar-refractivity contribution < 1.29 is 19.4 Å². The third-order valence-electron chi connectivity index (χ3n) is 4.25. The maximum Gasteiger partial charge on any atom is 0.299 e. The Labute approximate surface area is 159 Å². The van der Waals surface area contributed by atoms with Crippen LogP contribution >= 0.6 is 0 Å². The molecular formula is C19H16N4O5. The van der Waals surface area contributed by atoms with Gasteiger partial charge in [-0.1, -0.05) is 0 Å². The molecule has 0 spiro atoms. The lowest BCUT2D eigenvalue weighted by Crippen LogP contribution is -2.04. The van der Waals surface area contributed by atoms with Crippen molar-refractivity contribution in [2.24, 2.45) is 0 Å². The topological polar surface area (TPSA) is 112 Å². The van der Waals surface area contributed by atoms with Crippen LogP contribution in [-0.4, -0.2) is 40.4 Å². The molecule has 28 heavy (non-hydrogen) atoms. The van der Waals surface area contributed by atoms with Gasteiger partial charge in [-0.05, 0) is 30.3 Å². The van der Waals surface area contributed by atoms with Gasteiger partial charge in [-0.2, -0.15) is 0 Å². The summed E-state index contributed by atoms with van der Waals surface area (Å²) in [5, 5.41) is 11.4. The highest BCUT2D eigenvalue weighted by molar-refractivity contribution is 6.03. The first-order valence-electron chi connectivity index (χ1n) is 8.46. The van der Waals surface area contributed by atoms with Crippen molar-refractivity contribution in [3.8, 4) is 22.8 Å². The summed E-state index contributed by atoms with van der Waals surface area (Å²) < 4.78 is 10.6. The summed E-state index contributed by atoms with van der Waals surface area (Å²) in [7, 11) is 1.62. The number of hydrogen-bond donors (Lipinski definition) is 1. The van der Waals surface area contributed by atoms with Crippen LogP contribution in [0.5, 0.6) is 11.5 Å². The zero-order valence-electron chi connectivity index (χ0n) is 14.9. The number of aromatic amines is 1. The third kappa shape index (κ3) is 3.42. The molecule has 0 amide bonds. The molecule has 0 aliphatic carbocycles. The van der Waals surface area contributed by atoms with Gasteiger partial charge >= 0.3 is 0 Å². The van der Waals surface area contributed by atoms with Crippen LogP contribution in [0.3, 0.4) is 0 Å². The summed E-state index contributed by atoms with van der Waals surface area (Å²) in [6.45, 7) is 0.943. The van der Waals surface area contributed by atoms with E-state index >= 15 is 0 Å². The lowest BCUT2D eigenvalue weighted by molar-refractivity contribution is -0.711. The first kappa shape index (κ1) is 17.7. The Kier molecular flexibility index (Phi) is 4.73. The number of nitrogens with one attached hydrogen (secondary N) is 1. The molecule has 0 atom stereocenters. The molecule has 0 aliphatic rings. The molecule has 9 heteroatoms. The number of ether oxygens (including phenoxy) is 2. The minimum atomic E-state index is -0.835. The van der Waals surface area contributed by atoms with E-state index in [1.165, 1.54) is 12.4 Å². The van der Waals surface area contributed by atoms with Crippen molar-refractivity contribution in [3.05, 3.63) is 59.0 Å². The molecule has 2 heterocycles. The van der Waals surface area contributed by atoms with Crippen LogP contribution in [0, 0.1) is 10.1 Å². The van der Waals surface area contributed by atoms with Gasteiger partial charge in [0.05, 0.1) is 17.8 Å². The quantitative estimate of drug-likeness (QED) is 0.297. The van der Waals surface area contributed by atoms with E-state index < -0.39 is 5.09 Å². The van der Waals surface area contributed by atoms with Crippen molar-refractivity contribution in [1.29, 1.82) is 0 Å². The Morgan fingerprint density at radius 2 is 1.93 bits per heavy atom. The predicted octanol–water partition coefficient (Wildman–Crippen LogP) is 3.37. The van der Waals surface area contributed by atoms with Crippen molar-refractivity contribution >= 4 is 21.8 Å². The number of hydrogen-bond acceptors (Lipinski definition) is 7. The van der Waals surface area contributed by atoms with Crippen LogP contribution in [0.15, 0.2) is 48.9 Å². The van der Waals surface area contributed by atoms with E-state index in [4.69, 9.17) is 9.47 Å². The molecule has 2 aromatic carbocycles. The lowest BCUT2D eigenvalue weighted by Gasteiger charge is -2.08. The van der Waals surface area contributed by atoms with Gasteiger partial charge in [-0.3, -0.25) is 4.84 Å². The lowest BCUT2D eigenvalue weighted by atomic mass is 10.1. The van der Waals surface area contributed by atoms with E-state index in [0.717, 1.165) is 27.4 Å². The molecule has 0 bridgehead atoms. The fourth-order valence-corrected chi connectivity index (χ4v) is 3.02. The van der Waals surface area contributed by atoms with Crippen molar-refractivity contribution in [1.82, 2.24) is 15.0 Å². The van der Waals surface area contributed by atoms with Gasteiger partial charge in [-0.25, -0.2) is 9.97 Å². The van der Waals surface area contributed by atoms with Gasteiger partial charge in [0.25, 0.3) is 5.09 Å². The monoisotopic (exact) mass is 380 g/mol. The van der Waals surface area contributed by atoms with Crippen LogP contribution in [0.4, 0.5) is 0 Å². The van der Waals surface area contributed by atoms with E-state index in [0.29, 0.717) is 24.7 Å². The van der Waals surface area contributed by atoms with E-state index in [1.807, 2.05) is 24.4 Å². The number of H-pyrrole nitrogens is 1. The normalized spacial score (nSPS) is 11.0. The van der Waals surface area contributed by atoms with Crippen LogP contribution in [0.2, 0.25) is 0 Å². The molecule has 4 aromatic rings. The second-order valence-corrected chi connectivity index (χ2v) is 5.97. The van der Waals surface area contributed by atoms with Crippen molar-refractivity contribution in [3.63, 3.8) is 0 Å². The van der Waals surface area contributed by atoms with Crippen LogP contribution in [-0.2, 0) is 4.74 Å². The zero-order chi connectivity index (χ0) is 19.5. The molecule has 0 radical (unpaired) electrons. The SMILES string of the molecule is COCCOc1ccc2c(-c3c[nH]c4ccc(O[N+](=O)[O-])cc34)ncnc2c1. The molecule has 1 N–H and O–H groups in total. The summed E-state index contributed by atoms with van der Waals surface area (Å²) >= 11 is 0. The molecule has 2 aromatic heterocycles. The van der Waals surface area contributed by atoms with Gasteiger partial charge in [0.15, 0.2) is 0 Å². The van der Waals surface area contributed by atoms with Crippen LogP contribution in [0.1, 0.15) is 0 Å². The Morgan fingerprint density at radius 1 is 1.07 bits per heavy atom. The summed E-state index contributed by atoms with van der Waals surface area (Å²) in [4.78, 5) is 27.1. The number of benzene rings is 2. The van der Waals surface area contributed by atoms with Gasteiger partial charge in [0.1, 0.15) is 24.4 Å². The highest BCUT2D eigenvalue weighted by Gasteiger charge is 2.13. The average Bonchev–Trinajstić information content (AvgIpc) is 3.10. The number of fused-ring (bicyclic) bond motifs is 2. The van der Waals surface area contributed by atoms with E-state index in [1.54, 1.807) is 19.2 Å². The Balaban J connectivity index is 1.77. The minimum absolute atomic E-state index is 0.144. The molecule has 0 saturated carbocycles. The fraction of sp³-hybridized carbons (Fsp3) is 0.158. The standard InChI is InChI=1S/C19H16N4O5/c1-26-6-7-27-12-2-4-14-18(9-12)21-11-22-19(14)16-10-20-17-5-3-13(8-15(16)17)28-23(24)25/h2-5,8-11,20H,6-7H2,1H3. The predicted molar refractivity (Wildman–Crippen MR) is 102 cm³/mol. The molecule has 0 aliphatic heterocycles. The van der Waals surface area contributed by atoms with E-state index in [-0.39, 0.29) is 5.75 Å². The Hall–Kier alpha value is -3.72. The number of rotatable bonds is 7. The molecule has 0 fully saturated rings. The average molecular weight is 380 g/mol. The maximum atomic E-state index is 10.6. The molecule has 0 unspecified atom stereocenters. The number of methoxy groups -OCH3 is 1. The van der Waals surface area contributed by atoms with Crippen LogP contribution < -0.4 is 9.57 Å². The highest BCUT2D eigenvalue weighted by atomic mass is 17.0. The highest BCUT2D eigenvalue weighted by Crippen LogP contribution is 2.34. The van der Waals surface area contributed by atoms with Gasteiger partial charge in [-0.15, -0.1) is 10.1 Å².